The number of ketones is 1. The molecule has 1 N–H and O–H groups in total. The van der Waals surface area contributed by atoms with E-state index in [9.17, 15) is 18.0 Å². The zero-order chi connectivity index (χ0) is 13.1. The highest BCUT2D eigenvalue weighted by molar-refractivity contribution is 7.92. The van der Waals surface area contributed by atoms with Gasteiger partial charge in [0.2, 0.25) is 0 Å². The van der Waals surface area contributed by atoms with Gasteiger partial charge in [0.15, 0.2) is 15.6 Å². The number of carbonyl (C=O) groups excluding carboxylic acids is 1. The van der Waals surface area contributed by atoms with E-state index in [1.54, 1.807) is 0 Å². The lowest BCUT2D eigenvalue weighted by molar-refractivity contribution is -0.137. The molecular formula is C11H16O5S. The van der Waals surface area contributed by atoms with Crippen molar-refractivity contribution in [3.8, 4) is 0 Å². The first-order chi connectivity index (χ1) is 7.88. The van der Waals surface area contributed by atoms with Crippen molar-refractivity contribution in [2.45, 2.75) is 37.9 Å². The molecule has 96 valence electrons. The molecular weight excluding hydrogens is 244 g/mol. The number of carboxylic acids is 1. The topological polar surface area (TPSA) is 88.5 Å². The van der Waals surface area contributed by atoms with Crippen LogP contribution in [0.2, 0.25) is 0 Å². The van der Waals surface area contributed by atoms with Gasteiger partial charge in [-0.2, -0.15) is 0 Å². The Hall–Kier alpha value is -1.17. The van der Waals surface area contributed by atoms with E-state index in [1.807, 2.05) is 6.92 Å². The lowest BCUT2D eigenvalue weighted by Crippen LogP contribution is -2.24. The third-order valence-corrected chi connectivity index (χ3v) is 4.72. The zero-order valence-corrected chi connectivity index (χ0v) is 10.5. The Kier molecular flexibility index (Phi) is 4.45. The minimum Gasteiger partial charge on any atom is -0.481 e. The van der Waals surface area contributed by atoms with Crippen LogP contribution in [-0.2, 0) is 19.4 Å². The van der Waals surface area contributed by atoms with Crippen molar-refractivity contribution < 1.29 is 23.1 Å². The number of rotatable bonds is 6. The fourth-order valence-corrected chi connectivity index (χ4v) is 3.64. The lowest BCUT2D eigenvalue weighted by atomic mass is 10.0. The second kappa shape index (κ2) is 5.44. The molecule has 1 atom stereocenters. The molecule has 5 nitrogen and oxygen atoms in total. The normalized spacial score (nSPS) is 22.2. The fourth-order valence-electron chi connectivity index (χ4n) is 1.90. The molecule has 17 heavy (non-hydrogen) atoms. The van der Waals surface area contributed by atoms with Gasteiger partial charge in [-0.25, -0.2) is 8.42 Å². The van der Waals surface area contributed by atoms with E-state index in [4.69, 9.17) is 5.11 Å². The maximum Gasteiger partial charge on any atom is 0.303 e. The summed E-state index contributed by atoms with van der Waals surface area (Å²) in [6.45, 7) is 1.84. The minimum atomic E-state index is -3.37. The van der Waals surface area contributed by atoms with Crippen molar-refractivity contribution in [1.29, 1.82) is 0 Å². The Balaban J connectivity index is 2.83. The Morgan fingerprint density at radius 3 is 2.59 bits per heavy atom. The van der Waals surface area contributed by atoms with Gasteiger partial charge in [0.1, 0.15) is 0 Å². The molecule has 0 bridgehead atoms. The highest BCUT2D eigenvalue weighted by Crippen LogP contribution is 2.27. The van der Waals surface area contributed by atoms with Crippen LogP contribution >= 0.6 is 0 Å². The average Bonchev–Trinajstić information content (AvgIpc) is 2.51. The van der Waals surface area contributed by atoms with Gasteiger partial charge >= 0.3 is 5.97 Å². The average molecular weight is 260 g/mol. The van der Waals surface area contributed by atoms with Gasteiger partial charge in [-0.15, -0.1) is 0 Å². The summed E-state index contributed by atoms with van der Waals surface area (Å²) >= 11 is 0. The Labute approximate surface area is 100 Å². The highest BCUT2D eigenvalue weighted by atomic mass is 32.2. The molecule has 1 unspecified atom stereocenters. The van der Waals surface area contributed by atoms with E-state index >= 15 is 0 Å². The van der Waals surface area contributed by atoms with Gasteiger partial charge in [-0.05, 0) is 12.8 Å². The number of aliphatic carboxylic acids is 1. The molecule has 0 aromatic rings. The molecule has 1 aliphatic rings. The van der Waals surface area contributed by atoms with Crippen LogP contribution in [0.4, 0.5) is 0 Å². The number of sulfone groups is 1. The SMILES string of the molecule is CCCC(=O)C1=CCS(=O)(=O)C1CCC(=O)O. The van der Waals surface area contributed by atoms with Crippen molar-refractivity contribution >= 4 is 21.6 Å². The van der Waals surface area contributed by atoms with Crippen LogP contribution in [0.15, 0.2) is 11.6 Å². The van der Waals surface area contributed by atoms with Gasteiger partial charge in [0.05, 0.1) is 11.0 Å². The molecule has 1 rings (SSSR count). The first-order valence-electron chi connectivity index (χ1n) is 5.55. The number of carboxylic acid groups (broad SMARTS) is 1. The van der Waals surface area contributed by atoms with Gasteiger partial charge < -0.3 is 5.11 Å². The summed E-state index contributed by atoms with van der Waals surface area (Å²) in [5.74, 6) is -1.37. The van der Waals surface area contributed by atoms with Crippen molar-refractivity contribution in [2.24, 2.45) is 0 Å². The molecule has 0 fully saturated rings. The Bertz CT molecular complexity index is 446. The second-order valence-electron chi connectivity index (χ2n) is 4.08. The van der Waals surface area contributed by atoms with Crippen molar-refractivity contribution in [3.63, 3.8) is 0 Å². The smallest absolute Gasteiger partial charge is 0.303 e. The molecule has 0 aromatic carbocycles. The van der Waals surface area contributed by atoms with Gasteiger partial charge in [-0.1, -0.05) is 13.0 Å². The summed E-state index contributed by atoms with van der Waals surface area (Å²) in [5, 5.41) is 7.65. The highest BCUT2D eigenvalue weighted by Gasteiger charge is 2.36. The first-order valence-corrected chi connectivity index (χ1v) is 7.26. The number of hydrogen-bond donors (Lipinski definition) is 1. The van der Waals surface area contributed by atoms with E-state index in [0.29, 0.717) is 12.8 Å². The number of hydrogen-bond acceptors (Lipinski definition) is 4. The predicted molar refractivity (Wildman–Crippen MR) is 62.4 cm³/mol. The van der Waals surface area contributed by atoms with E-state index in [1.165, 1.54) is 6.08 Å². The molecule has 0 radical (unpaired) electrons. The Morgan fingerprint density at radius 2 is 2.06 bits per heavy atom. The van der Waals surface area contributed by atoms with Crippen molar-refractivity contribution in [3.05, 3.63) is 11.6 Å². The van der Waals surface area contributed by atoms with E-state index in [0.717, 1.165) is 0 Å². The quantitative estimate of drug-likeness (QED) is 0.768. The summed E-state index contributed by atoms with van der Waals surface area (Å²) in [6.07, 6.45) is 2.15. The van der Waals surface area contributed by atoms with Crippen LogP contribution in [0.1, 0.15) is 32.6 Å². The van der Waals surface area contributed by atoms with Crippen LogP contribution in [0.3, 0.4) is 0 Å². The molecule has 0 saturated heterocycles. The molecule has 6 heteroatoms. The number of Topliss-reactive ketones (excluding diaryl/α,β-unsaturated/α-hetero) is 1. The molecule has 0 aliphatic carbocycles. The first kappa shape index (κ1) is 13.9. The lowest BCUT2D eigenvalue weighted by Gasteiger charge is -2.12. The van der Waals surface area contributed by atoms with Crippen LogP contribution in [0, 0.1) is 0 Å². The zero-order valence-electron chi connectivity index (χ0n) is 9.68. The van der Waals surface area contributed by atoms with E-state index < -0.39 is 21.1 Å². The molecule has 0 aromatic heterocycles. The minimum absolute atomic E-state index is 0.0149. The summed E-state index contributed by atoms with van der Waals surface area (Å²) in [4.78, 5) is 22.2. The maximum absolute atomic E-state index is 11.7. The molecule has 0 amide bonds. The van der Waals surface area contributed by atoms with Crippen molar-refractivity contribution in [2.75, 3.05) is 5.75 Å². The second-order valence-corrected chi connectivity index (χ2v) is 6.31. The van der Waals surface area contributed by atoms with Crippen LogP contribution < -0.4 is 0 Å². The fraction of sp³-hybridized carbons (Fsp3) is 0.636. The summed E-state index contributed by atoms with van der Waals surface area (Å²) in [7, 11) is -3.37. The third kappa shape index (κ3) is 3.39. The van der Waals surface area contributed by atoms with E-state index in [2.05, 4.69) is 0 Å². The van der Waals surface area contributed by atoms with Crippen LogP contribution in [-0.4, -0.2) is 36.3 Å². The standard InChI is InChI=1S/C11H16O5S/c1-2-3-9(12)8-6-7-17(15,16)10(8)4-5-11(13)14/h6,10H,2-5,7H2,1H3,(H,13,14). The molecule has 1 aliphatic heterocycles. The van der Waals surface area contributed by atoms with E-state index in [-0.39, 0.29) is 30.0 Å². The molecule has 1 heterocycles. The monoisotopic (exact) mass is 260 g/mol. The molecule has 0 saturated carbocycles. The predicted octanol–water partition coefficient (Wildman–Crippen LogP) is 0.944. The van der Waals surface area contributed by atoms with Gasteiger partial charge in [-0.3, -0.25) is 9.59 Å². The van der Waals surface area contributed by atoms with Crippen LogP contribution in [0.25, 0.3) is 0 Å². The largest absolute Gasteiger partial charge is 0.481 e. The third-order valence-electron chi connectivity index (χ3n) is 2.74. The molecule has 0 spiro atoms. The van der Waals surface area contributed by atoms with Crippen LogP contribution in [0.5, 0.6) is 0 Å². The number of carbonyl (C=O) groups is 2. The Morgan fingerprint density at radius 1 is 1.41 bits per heavy atom. The van der Waals surface area contributed by atoms with Crippen molar-refractivity contribution in [1.82, 2.24) is 0 Å². The summed E-state index contributed by atoms with van der Waals surface area (Å²) in [5.41, 5.74) is 0.285. The maximum atomic E-state index is 11.7. The van der Waals surface area contributed by atoms with Gasteiger partial charge in [0, 0.05) is 18.4 Å². The summed E-state index contributed by atoms with van der Waals surface area (Å²) in [6, 6.07) is 0. The summed E-state index contributed by atoms with van der Waals surface area (Å²) < 4.78 is 23.4. The van der Waals surface area contributed by atoms with Gasteiger partial charge in [0.25, 0.3) is 0 Å².